The van der Waals surface area contributed by atoms with Gasteiger partial charge >= 0.3 is 0 Å². The Bertz CT molecular complexity index is 983. The molecule has 30 heavy (non-hydrogen) atoms. The van der Waals surface area contributed by atoms with E-state index >= 15 is 0 Å². The number of nitrogens with one attached hydrogen (secondary N) is 1. The fraction of sp³-hybridized carbons (Fsp3) is 0.440. The molecule has 0 aliphatic heterocycles. The van der Waals surface area contributed by atoms with Crippen LogP contribution in [0, 0.1) is 13.8 Å². The molecule has 1 aromatic heterocycles. The standard InChI is InChI=1S/C25H34N4S/c1-8-29(7)14-13-20-15-18(3)22(16-17(20)2)26-24-27-23(28-30-24)19-9-11-21(12-10-19)25(4,5)6/h9-12,15-16H,8,13-14H2,1-7H3,(H,26,27,28). The quantitative estimate of drug-likeness (QED) is 0.481. The molecule has 0 aliphatic carbocycles. The fourth-order valence-corrected chi connectivity index (χ4v) is 3.98. The number of hydrogen-bond acceptors (Lipinski definition) is 5. The largest absolute Gasteiger partial charge is 0.330 e. The Hall–Kier alpha value is -2.24. The molecular formula is C25H34N4S. The third-order valence-electron chi connectivity index (χ3n) is 5.66. The summed E-state index contributed by atoms with van der Waals surface area (Å²) < 4.78 is 4.56. The third-order valence-corrected chi connectivity index (χ3v) is 6.29. The minimum absolute atomic E-state index is 0.147. The highest BCUT2D eigenvalue weighted by atomic mass is 32.1. The zero-order chi connectivity index (χ0) is 21.9. The monoisotopic (exact) mass is 422 g/mol. The van der Waals surface area contributed by atoms with Crippen molar-refractivity contribution in [2.75, 3.05) is 25.5 Å². The summed E-state index contributed by atoms with van der Waals surface area (Å²) in [6.45, 7) is 15.4. The highest BCUT2D eigenvalue weighted by molar-refractivity contribution is 7.09. The number of rotatable bonds is 7. The maximum absolute atomic E-state index is 4.72. The summed E-state index contributed by atoms with van der Waals surface area (Å²) in [5.41, 5.74) is 7.58. The number of benzene rings is 2. The molecule has 0 atom stereocenters. The molecular weight excluding hydrogens is 388 g/mol. The van der Waals surface area contributed by atoms with Crippen molar-refractivity contribution in [1.29, 1.82) is 0 Å². The maximum Gasteiger partial charge on any atom is 0.207 e. The lowest BCUT2D eigenvalue weighted by molar-refractivity contribution is 0.357. The van der Waals surface area contributed by atoms with Crippen LogP contribution in [0.25, 0.3) is 11.4 Å². The third kappa shape index (κ3) is 5.46. The van der Waals surface area contributed by atoms with Crippen LogP contribution >= 0.6 is 11.5 Å². The van der Waals surface area contributed by atoms with Crippen LogP contribution in [0.1, 0.15) is 49.9 Å². The van der Waals surface area contributed by atoms with E-state index in [9.17, 15) is 0 Å². The van der Waals surface area contributed by atoms with Crippen molar-refractivity contribution in [3.63, 3.8) is 0 Å². The number of aryl methyl sites for hydroxylation is 2. The molecule has 1 heterocycles. The van der Waals surface area contributed by atoms with Crippen molar-refractivity contribution in [1.82, 2.24) is 14.3 Å². The van der Waals surface area contributed by atoms with E-state index in [1.54, 1.807) is 0 Å². The second-order valence-corrected chi connectivity index (χ2v) is 9.87. The van der Waals surface area contributed by atoms with Gasteiger partial charge < -0.3 is 10.2 Å². The van der Waals surface area contributed by atoms with Crippen LogP contribution in [0.5, 0.6) is 0 Å². The van der Waals surface area contributed by atoms with Crippen LogP contribution in [0.4, 0.5) is 10.8 Å². The van der Waals surface area contributed by atoms with Gasteiger partial charge in [-0.15, -0.1) is 0 Å². The van der Waals surface area contributed by atoms with Gasteiger partial charge in [0.1, 0.15) is 0 Å². The Labute approximate surface area is 185 Å². The van der Waals surface area contributed by atoms with E-state index in [0.717, 1.165) is 41.7 Å². The van der Waals surface area contributed by atoms with E-state index in [4.69, 9.17) is 4.98 Å². The maximum atomic E-state index is 4.72. The summed E-state index contributed by atoms with van der Waals surface area (Å²) in [4.78, 5) is 7.07. The Balaban J connectivity index is 1.73. The lowest BCUT2D eigenvalue weighted by Gasteiger charge is -2.18. The zero-order valence-electron chi connectivity index (χ0n) is 19.3. The first kappa shape index (κ1) is 22.4. The van der Waals surface area contributed by atoms with Crippen LogP contribution in [-0.4, -0.2) is 34.4 Å². The van der Waals surface area contributed by atoms with Crippen molar-refractivity contribution >= 4 is 22.4 Å². The Kier molecular flexibility index (Phi) is 6.94. The number of aromatic nitrogens is 2. The van der Waals surface area contributed by atoms with E-state index in [1.807, 2.05) is 0 Å². The summed E-state index contributed by atoms with van der Waals surface area (Å²) in [6, 6.07) is 13.1. The smallest absolute Gasteiger partial charge is 0.207 e. The van der Waals surface area contributed by atoms with Crippen LogP contribution in [0.2, 0.25) is 0 Å². The molecule has 3 rings (SSSR count). The first-order chi connectivity index (χ1) is 14.2. The molecule has 0 bridgehead atoms. The lowest BCUT2D eigenvalue weighted by Crippen LogP contribution is -2.20. The van der Waals surface area contributed by atoms with Crippen molar-refractivity contribution < 1.29 is 0 Å². The van der Waals surface area contributed by atoms with Gasteiger partial charge in [-0.25, -0.2) is 0 Å². The van der Waals surface area contributed by atoms with Gasteiger partial charge in [0, 0.05) is 29.3 Å². The Morgan fingerprint density at radius 1 is 1.03 bits per heavy atom. The number of likely N-dealkylation sites (N-methyl/N-ethyl adjacent to an activating group) is 1. The van der Waals surface area contributed by atoms with E-state index in [2.05, 4.69) is 99.6 Å². The van der Waals surface area contributed by atoms with Crippen LogP contribution < -0.4 is 5.32 Å². The van der Waals surface area contributed by atoms with E-state index < -0.39 is 0 Å². The molecule has 5 heteroatoms. The second kappa shape index (κ2) is 9.27. The molecule has 0 unspecified atom stereocenters. The predicted octanol–water partition coefficient (Wildman–Crippen LogP) is 6.36. The molecule has 0 radical (unpaired) electrons. The van der Waals surface area contributed by atoms with Crippen molar-refractivity contribution in [2.24, 2.45) is 0 Å². The van der Waals surface area contributed by atoms with E-state index in [1.165, 1.54) is 33.8 Å². The normalized spacial score (nSPS) is 11.9. The molecule has 160 valence electrons. The number of hydrogen-bond donors (Lipinski definition) is 1. The van der Waals surface area contributed by atoms with Gasteiger partial charge in [0.25, 0.3) is 0 Å². The molecule has 2 aromatic carbocycles. The summed E-state index contributed by atoms with van der Waals surface area (Å²) in [7, 11) is 2.17. The van der Waals surface area contributed by atoms with Crippen LogP contribution in [0.15, 0.2) is 36.4 Å². The van der Waals surface area contributed by atoms with Crippen molar-refractivity contribution in [3.05, 3.63) is 58.7 Å². The average molecular weight is 423 g/mol. The lowest BCUT2D eigenvalue weighted by atomic mass is 9.87. The molecule has 1 N–H and O–H groups in total. The zero-order valence-corrected chi connectivity index (χ0v) is 20.2. The van der Waals surface area contributed by atoms with Gasteiger partial charge in [-0.3, -0.25) is 0 Å². The average Bonchev–Trinajstić information content (AvgIpc) is 3.17. The summed E-state index contributed by atoms with van der Waals surface area (Å²) in [5, 5.41) is 4.30. The molecule has 3 aromatic rings. The highest BCUT2D eigenvalue weighted by Crippen LogP contribution is 2.29. The molecule has 0 saturated carbocycles. The van der Waals surface area contributed by atoms with Crippen molar-refractivity contribution in [2.45, 2.75) is 53.4 Å². The molecule has 0 spiro atoms. The van der Waals surface area contributed by atoms with Crippen LogP contribution in [-0.2, 0) is 11.8 Å². The molecule has 0 saturated heterocycles. The SMILES string of the molecule is CCN(C)CCc1cc(C)c(Nc2nc(-c3ccc(C(C)(C)C)cc3)ns2)cc1C. The van der Waals surface area contributed by atoms with Gasteiger partial charge in [-0.05, 0) is 67.6 Å². The van der Waals surface area contributed by atoms with Gasteiger partial charge in [-0.2, -0.15) is 9.36 Å². The first-order valence-electron chi connectivity index (χ1n) is 10.7. The van der Waals surface area contributed by atoms with Crippen molar-refractivity contribution in [3.8, 4) is 11.4 Å². The number of nitrogens with zero attached hydrogens (tertiary/aromatic N) is 3. The topological polar surface area (TPSA) is 41.0 Å². The van der Waals surface area contributed by atoms with Crippen LogP contribution in [0.3, 0.4) is 0 Å². The van der Waals surface area contributed by atoms with Gasteiger partial charge in [0.15, 0.2) is 5.82 Å². The van der Waals surface area contributed by atoms with Gasteiger partial charge in [-0.1, -0.05) is 58.0 Å². The summed E-state index contributed by atoms with van der Waals surface area (Å²) in [6.07, 6.45) is 1.07. The fourth-order valence-electron chi connectivity index (χ4n) is 3.38. The van der Waals surface area contributed by atoms with Gasteiger partial charge in [0.2, 0.25) is 5.13 Å². The Morgan fingerprint density at radius 2 is 1.73 bits per heavy atom. The number of anilines is 2. The molecule has 0 amide bonds. The second-order valence-electron chi connectivity index (χ2n) is 9.11. The minimum atomic E-state index is 0.147. The first-order valence-corrected chi connectivity index (χ1v) is 11.4. The molecule has 0 aliphatic rings. The highest BCUT2D eigenvalue weighted by Gasteiger charge is 2.14. The molecule has 0 fully saturated rings. The summed E-state index contributed by atoms with van der Waals surface area (Å²) >= 11 is 1.41. The predicted molar refractivity (Wildman–Crippen MR) is 130 cm³/mol. The Morgan fingerprint density at radius 3 is 2.37 bits per heavy atom. The molecule has 4 nitrogen and oxygen atoms in total. The van der Waals surface area contributed by atoms with E-state index in [-0.39, 0.29) is 5.41 Å². The minimum Gasteiger partial charge on any atom is -0.330 e. The van der Waals surface area contributed by atoms with E-state index in [0.29, 0.717) is 0 Å². The summed E-state index contributed by atoms with van der Waals surface area (Å²) in [5.74, 6) is 0.775. The van der Waals surface area contributed by atoms with Gasteiger partial charge in [0.05, 0.1) is 0 Å².